The number of methoxy groups -OCH3 is 1. The first kappa shape index (κ1) is 24.0. The zero-order valence-electron chi connectivity index (χ0n) is 15.9. The molecule has 1 unspecified atom stereocenters. The lowest BCUT2D eigenvalue weighted by Gasteiger charge is -2.14. The standard InChI is InChI=1S/C19H33N3O2.HI/c1-5-20-19(21-13-7-6-8-15(2)3)22-14-18(23)16-9-11-17(24-4)12-10-16;/h9-12,15,18,23H,5-8,13-14H2,1-4H3,(H2,20,21,22);1H. The molecule has 0 aliphatic heterocycles. The largest absolute Gasteiger partial charge is 0.497 e. The molecule has 5 nitrogen and oxygen atoms in total. The van der Waals surface area contributed by atoms with Gasteiger partial charge in [0.2, 0.25) is 0 Å². The Kier molecular flexibility index (Phi) is 13.6. The van der Waals surface area contributed by atoms with Crippen LogP contribution < -0.4 is 15.4 Å². The second-order valence-corrected chi connectivity index (χ2v) is 6.32. The molecule has 0 fully saturated rings. The van der Waals surface area contributed by atoms with E-state index in [9.17, 15) is 5.11 Å². The second kappa shape index (κ2) is 14.2. The molecule has 1 atom stereocenters. The zero-order chi connectivity index (χ0) is 17.8. The number of rotatable bonds is 10. The summed E-state index contributed by atoms with van der Waals surface area (Å²) in [5.41, 5.74) is 0.840. The van der Waals surface area contributed by atoms with Crippen molar-refractivity contribution in [2.45, 2.75) is 46.1 Å². The summed E-state index contributed by atoms with van der Waals surface area (Å²) in [5.74, 6) is 2.30. The van der Waals surface area contributed by atoms with Crippen LogP contribution in [0, 0.1) is 5.92 Å². The van der Waals surface area contributed by atoms with Gasteiger partial charge >= 0.3 is 0 Å². The first-order valence-electron chi connectivity index (χ1n) is 8.91. The van der Waals surface area contributed by atoms with Gasteiger partial charge in [-0.15, -0.1) is 24.0 Å². The number of halogens is 1. The van der Waals surface area contributed by atoms with Crippen molar-refractivity contribution in [3.63, 3.8) is 0 Å². The highest BCUT2D eigenvalue weighted by Gasteiger charge is 2.07. The first-order valence-corrected chi connectivity index (χ1v) is 8.91. The lowest BCUT2D eigenvalue weighted by molar-refractivity contribution is 0.187. The van der Waals surface area contributed by atoms with E-state index < -0.39 is 6.10 Å². The number of nitrogens with zero attached hydrogens (tertiary/aromatic N) is 1. The van der Waals surface area contributed by atoms with Crippen molar-refractivity contribution in [1.82, 2.24) is 10.6 Å². The van der Waals surface area contributed by atoms with Crippen LogP contribution in [0.3, 0.4) is 0 Å². The van der Waals surface area contributed by atoms with Crippen LogP contribution in [0.2, 0.25) is 0 Å². The molecule has 0 saturated heterocycles. The molecule has 0 aromatic heterocycles. The monoisotopic (exact) mass is 463 g/mol. The Bertz CT molecular complexity index is 478. The Hall–Kier alpha value is -1.02. The Morgan fingerprint density at radius 2 is 1.84 bits per heavy atom. The molecule has 0 aliphatic carbocycles. The van der Waals surface area contributed by atoms with E-state index in [1.165, 1.54) is 12.8 Å². The summed E-state index contributed by atoms with van der Waals surface area (Å²) in [6.45, 7) is 8.57. The second-order valence-electron chi connectivity index (χ2n) is 6.32. The highest BCUT2D eigenvalue weighted by atomic mass is 127. The average Bonchev–Trinajstić information content (AvgIpc) is 2.58. The number of unbranched alkanes of at least 4 members (excludes halogenated alkanes) is 1. The molecule has 0 radical (unpaired) electrons. The van der Waals surface area contributed by atoms with Crippen molar-refractivity contribution in [2.75, 3.05) is 26.7 Å². The van der Waals surface area contributed by atoms with E-state index in [-0.39, 0.29) is 24.0 Å². The lowest BCUT2D eigenvalue weighted by atomic mass is 10.1. The van der Waals surface area contributed by atoms with Gasteiger partial charge in [-0.2, -0.15) is 0 Å². The molecule has 0 saturated carbocycles. The number of hydrogen-bond donors (Lipinski definition) is 3. The number of aliphatic hydroxyl groups excluding tert-OH is 1. The van der Waals surface area contributed by atoms with E-state index >= 15 is 0 Å². The summed E-state index contributed by atoms with van der Waals surface area (Å²) in [6.07, 6.45) is 2.99. The summed E-state index contributed by atoms with van der Waals surface area (Å²) >= 11 is 0. The van der Waals surface area contributed by atoms with E-state index in [4.69, 9.17) is 4.74 Å². The molecule has 0 amide bonds. The molecule has 25 heavy (non-hydrogen) atoms. The molecule has 1 rings (SSSR count). The van der Waals surface area contributed by atoms with Gasteiger partial charge in [0.25, 0.3) is 0 Å². The number of guanidine groups is 1. The zero-order valence-corrected chi connectivity index (χ0v) is 18.2. The van der Waals surface area contributed by atoms with Gasteiger partial charge in [0.15, 0.2) is 5.96 Å². The minimum atomic E-state index is -0.618. The van der Waals surface area contributed by atoms with Crippen LogP contribution in [-0.2, 0) is 0 Å². The van der Waals surface area contributed by atoms with Crippen LogP contribution in [0.4, 0.5) is 0 Å². The SMILES string of the molecule is CCNC(=NCC(O)c1ccc(OC)cc1)NCCCCC(C)C.I. The maximum absolute atomic E-state index is 10.3. The summed E-state index contributed by atoms with van der Waals surface area (Å²) in [6, 6.07) is 7.43. The van der Waals surface area contributed by atoms with Crippen molar-refractivity contribution >= 4 is 29.9 Å². The molecule has 0 bridgehead atoms. The summed E-state index contributed by atoms with van der Waals surface area (Å²) in [7, 11) is 1.63. The Balaban J connectivity index is 0.00000576. The van der Waals surface area contributed by atoms with Gasteiger partial charge in [0.05, 0.1) is 19.8 Å². The predicted octanol–water partition coefficient (Wildman–Crippen LogP) is 3.73. The topological polar surface area (TPSA) is 65.9 Å². The number of aliphatic imine (C=N–C) groups is 1. The Labute approximate surface area is 169 Å². The molecule has 0 heterocycles. The van der Waals surface area contributed by atoms with Crippen LogP contribution >= 0.6 is 24.0 Å². The van der Waals surface area contributed by atoms with Crippen LogP contribution in [0.25, 0.3) is 0 Å². The Morgan fingerprint density at radius 3 is 2.40 bits per heavy atom. The molecule has 0 spiro atoms. The van der Waals surface area contributed by atoms with Crippen molar-refractivity contribution in [1.29, 1.82) is 0 Å². The van der Waals surface area contributed by atoms with Gasteiger partial charge < -0.3 is 20.5 Å². The highest BCUT2D eigenvalue weighted by Crippen LogP contribution is 2.17. The quantitative estimate of drug-likeness (QED) is 0.214. The molecule has 3 N–H and O–H groups in total. The van der Waals surface area contributed by atoms with Crippen molar-refractivity contribution in [3.05, 3.63) is 29.8 Å². The van der Waals surface area contributed by atoms with E-state index in [0.29, 0.717) is 6.54 Å². The van der Waals surface area contributed by atoms with Crippen LogP contribution in [-0.4, -0.2) is 37.8 Å². The third-order valence-electron chi connectivity index (χ3n) is 3.77. The molecule has 1 aromatic rings. The van der Waals surface area contributed by atoms with Crippen molar-refractivity contribution < 1.29 is 9.84 Å². The molecular weight excluding hydrogens is 429 g/mol. The molecule has 1 aromatic carbocycles. The maximum Gasteiger partial charge on any atom is 0.191 e. The van der Waals surface area contributed by atoms with E-state index in [1.54, 1.807) is 7.11 Å². The van der Waals surface area contributed by atoms with E-state index in [2.05, 4.69) is 29.5 Å². The Morgan fingerprint density at radius 1 is 1.16 bits per heavy atom. The van der Waals surface area contributed by atoms with Crippen molar-refractivity contribution in [2.24, 2.45) is 10.9 Å². The number of hydrogen-bond acceptors (Lipinski definition) is 3. The highest BCUT2D eigenvalue weighted by molar-refractivity contribution is 14.0. The van der Waals surface area contributed by atoms with Gasteiger partial charge in [0.1, 0.15) is 5.75 Å². The number of aliphatic hydroxyl groups is 1. The van der Waals surface area contributed by atoms with Gasteiger partial charge in [-0.1, -0.05) is 38.8 Å². The van der Waals surface area contributed by atoms with E-state index in [1.807, 2.05) is 31.2 Å². The summed E-state index contributed by atoms with van der Waals surface area (Å²) < 4.78 is 5.13. The van der Waals surface area contributed by atoms with Crippen LogP contribution in [0.5, 0.6) is 5.75 Å². The average molecular weight is 463 g/mol. The molecule has 144 valence electrons. The van der Waals surface area contributed by atoms with Crippen LogP contribution in [0.15, 0.2) is 29.3 Å². The van der Waals surface area contributed by atoms with Gasteiger partial charge in [-0.05, 0) is 37.0 Å². The normalized spacial score (nSPS) is 12.5. The maximum atomic E-state index is 10.3. The third-order valence-corrected chi connectivity index (χ3v) is 3.77. The van der Waals surface area contributed by atoms with Gasteiger partial charge in [-0.3, -0.25) is 4.99 Å². The van der Waals surface area contributed by atoms with Gasteiger partial charge in [0, 0.05) is 13.1 Å². The minimum absolute atomic E-state index is 0. The van der Waals surface area contributed by atoms with Gasteiger partial charge in [-0.25, -0.2) is 0 Å². The lowest BCUT2D eigenvalue weighted by Crippen LogP contribution is -2.38. The fraction of sp³-hybridized carbons (Fsp3) is 0.632. The fourth-order valence-electron chi connectivity index (χ4n) is 2.34. The number of ether oxygens (including phenoxy) is 1. The third kappa shape index (κ3) is 10.5. The first-order chi connectivity index (χ1) is 11.6. The molecule has 0 aliphatic rings. The number of nitrogens with one attached hydrogen (secondary N) is 2. The molecular formula is C19H34IN3O2. The molecule has 6 heteroatoms. The van der Waals surface area contributed by atoms with Crippen molar-refractivity contribution in [3.8, 4) is 5.75 Å². The summed E-state index contributed by atoms with van der Waals surface area (Å²) in [5, 5.41) is 16.8. The summed E-state index contributed by atoms with van der Waals surface area (Å²) in [4.78, 5) is 4.48. The number of benzene rings is 1. The minimum Gasteiger partial charge on any atom is -0.497 e. The van der Waals surface area contributed by atoms with Crippen LogP contribution in [0.1, 0.15) is 51.7 Å². The smallest absolute Gasteiger partial charge is 0.191 e. The fourth-order valence-corrected chi connectivity index (χ4v) is 2.34. The predicted molar refractivity (Wildman–Crippen MR) is 116 cm³/mol. The van der Waals surface area contributed by atoms with E-state index in [0.717, 1.165) is 42.7 Å².